The molecule has 1 heterocycles. The molecule has 1 aromatic heterocycles. The molecule has 2 heteroatoms. The largest absolute Gasteiger partial charge is 0.289 e. The fourth-order valence-electron chi connectivity index (χ4n) is 2.62. The first-order valence-corrected chi connectivity index (χ1v) is 8.13. The molecule has 0 fully saturated rings. The molecule has 0 aliphatic rings. The Kier molecular flexibility index (Phi) is 3.89. The van der Waals surface area contributed by atoms with Crippen LogP contribution in [0.3, 0.4) is 0 Å². The summed E-state index contributed by atoms with van der Waals surface area (Å²) in [6, 6.07) is 16.1. The second-order valence-electron chi connectivity index (χ2n) is 5.77. The van der Waals surface area contributed by atoms with E-state index in [2.05, 4.69) is 26.0 Å². The van der Waals surface area contributed by atoms with Crippen molar-refractivity contribution >= 4 is 27.2 Å². The van der Waals surface area contributed by atoms with Gasteiger partial charge in [-0.3, -0.25) is 4.79 Å². The Balaban J connectivity index is 1.98. The average molecular weight is 294 g/mol. The van der Waals surface area contributed by atoms with Crippen LogP contribution in [0.15, 0.2) is 53.9 Å². The molecule has 1 nitrogen and oxygen atoms in total. The van der Waals surface area contributed by atoms with Crippen LogP contribution in [-0.2, 0) is 6.42 Å². The van der Waals surface area contributed by atoms with Crippen molar-refractivity contribution in [1.82, 2.24) is 0 Å². The third-order valence-electron chi connectivity index (χ3n) is 3.56. The van der Waals surface area contributed by atoms with Crippen LogP contribution in [0, 0.1) is 5.92 Å². The van der Waals surface area contributed by atoms with Gasteiger partial charge < -0.3 is 0 Å². The number of thiophene rings is 1. The van der Waals surface area contributed by atoms with E-state index < -0.39 is 0 Å². The predicted octanol–water partition coefficient (Wildman–Crippen LogP) is 5.33. The highest BCUT2D eigenvalue weighted by Crippen LogP contribution is 2.27. The van der Waals surface area contributed by atoms with Gasteiger partial charge in [-0.25, -0.2) is 0 Å². The summed E-state index contributed by atoms with van der Waals surface area (Å²) < 4.78 is 1.17. The molecule has 0 aliphatic heterocycles. The first-order valence-electron chi connectivity index (χ1n) is 7.25. The van der Waals surface area contributed by atoms with Crippen molar-refractivity contribution in [2.75, 3.05) is 0 Å². The van der Waals surface area contributed by atoms with Crippen LogP contribution in [0.2, 0.25) is 0 Å². The normalized spacial score (nSPS) is 11.2. The number of hydrogen-bond donors (Lipinski definition) is 0. The molecule has 3 aromatic rings. The van der Waals surface area contributed by atoms with Crippen molar-refractivity contribution in [3.63, 3.8) is 0 Å². The highest BCUT2D eigenvalue weighted by Gasteiger charge is 2.14. The molecular formula is C19H18OS. The van der Waals surface area contributed by atoms with Crippen molar-refractivity contribution in [3.05, 3.63) is 70.6 Å². The third kappa shape index (κ3) is 2.91. The van der Waals surface area contributed by atoms with Gasteiger partial charge in [0.15, 0.2) is 5.78 Å². The van der Waals surface area contributed by atoms with E-state index in [1.165, 1.54) is 10.3 Å². The quantitative estimate of drug-likeness (QED) is 0.594. The summed E-state index contributed by atoms with van der Waals surface area (Å²) in [4.78, 5) is 12.8. The zero-order valence-electron chi connectivity index (χ0n) is 12.3. The van der Waals surface area contributed by atoms with Gasteiger partial charge in [0.05, 0.1) is 0 Å². The lowest BCUT2D eigenvalue weighted by Gasteiger charge is -2.07. The van der Waals surface area contributed by atoms with Gasteiger partial charge in [0.1, 0.15) is 0 Å². The van der Waals surface area contributed by atoms with E-state index in [1.54, 1.807) is 11.3 Å². The zero-order valence-corrected chi connectivity index (χ0v) is 13.1. The molecule has 0 bridgehead atoms. The first kappa shape index (κ1) is 14.0. The predicted molar refractivity (Wildman–Crippen MR) is 90.2 cm³/mol. The van der Waals surface area contributed by atoms with Crippen LogP contribution < -0.4 is 0 Å². The van der Waals surface area contributed by atoms with Gasteiger partial charge in [0.2, 0.25) is 0 Å². The number of carbonyl (C=O) groups excluding carboxylic acids is 1. The van der Waals surface area contributed by atoms with Crippen LogP contribution >= 0.6 is 11.3 Å². The third-order valence-corrected chi connectivity index (χ3v) is 4.52. The minimum Gasteiger partial charge on any atom is -0.289 e. The maximum absolute atomic E-state index is 12.8. The Hall–Kier alpha value is -1.93. The number of benzene rings is 2. The standard InChI is InChI=1S/C19H18OS/c1-13(2)10-14-6-5-7-15(11-14)19(20)17-12-21-18-9-4-3-8-16(17)18/h3-9,11-13H,10H2,1-2H3. The van der Waals surface area contributed by atoms with E-state index in [9.17, 15) is 4.79 Å². The molecule has 0 amide bonds. The van der Waals surface area contributed by atoms with Crippen LogP contribution in [0.1, 0.15) is 35.3 Å². The highest BCUT2D eigenvalue weighted by molar-refractivity contribution is 7.17. The average Bonchev–Trinajstić information content (AvgIpc) is 2.90. The monoisotopic (exact) mass is 294 g/mol. The first-order chi connectivity index (χ1) is 10.1. The Morgan fingerprint density at radius 1 is 1.10 bits per heavy atom. The maximum atomic E-state index is 12.8. The molecule has 0 aliphatic carbocycles. The van der Waals surface area contributed by atoms with Gasteiger partial charge in [-0.05, 0) is 30.0 Å². The van der Waals surface area contributed by atoms with Crippen LogP contribution in [-0.4, -0.2) is 5.78 Å². The summed E-state index contributed by atoms with van der Waals surface area (Å²) in [6.45, 7) is 4.39. The lowest BCUT2D eigenvalue weighted by Crippen LogP contribution is -2.02. The van der Waals surface area contributed by atoms with E-state index in [-0.39, 0.29) is 5.78 Å². The Bertz CT molecular complexity index is 783. The Morgan fingerprint density at radius 2 is 1.90 bits per heavy atom. The number of hydrogen-bond acceptors (Lipinski definition) is 2. The van der Waals surface area contributed by atoms with E-state index in [1.807, 2.05) is 41.8 Å². The van der Waals surface area contributed by atoms with Gasteiger partial charge in [-0.1, -0.05) is 50.2 Å². The minimum atomic E-state index is 0.123. The van der Waals surface area contributed by atoms with Gasteiger partial charge in [-0.2, -0.15) is 0 Å². The fourth-order valence-corrected chi connectivity index (χ4v) is 3.56. The summed E-state index contributed by atoms with van der Waals surface area (Å²) in [6.07, 6.45) is 1.01. The van der Waals surface area contributed by atoms with Crippen LogP contribution in [0.25, 0.3) is 10.1 Å². The number of fused-ring (bicyclic) bond motifs is 1. The summed E-state index contributed by atoms with van der Waals surface area (Å²) in [5, 5.41) is 3.03. The highest BCUT2D eigenvalue weighted by atomic mass is 32.1. The topological polar surface area (TPSA) is 17.1 Å². The molecule has 0 saturated carbocycles. The van der Waals surface area contributed by atoms with Gasteiger partial charge in [-0.15, -0.1) is 11.3 Å². The molecule has 21 heavy (non-hydrogen) atoms. The zero-order chi connectivity index (χ0) is 14.8. The molecule has 106 valence electrons. The fraction of sp³-hybridized carbons (Fsp3) is 0.211. The van der Waals surface area contributed by atoms with E-state index in [0.717, 1.165) is 22.9 Å². The molecule has 0 radical (unpaired) electrons. The van der Waals surface area contributed by atoms with Crippen molar-refractivity contribution in [1.29, 1.82) is 0 Å². The van der Waals surface area contributed by atoms with Gasteiger partial charge in [0.25, 0.3) is 0 Å². The molecule has 0 unspecified atom stereocenters. The second-order valence-corrected chi connectivity index (χ2v) is 6.68. The van der Waals surface area contributed by atoms with Crippen LogP contribution in [0.5, 0.6) is 0 Å². The van der Waals surface area contributed by atoms with Crippen molar-refractivity contribution in [2.24, 2.45) is 5.92 Å². The summed E-state index contributed by atoms with van der Waals surface area (Å²) >= 11 is 1.63. The SMILES string of the molecule is CC(C)Cc1cccc(C(=O)c2csc3ccccc23)c1. The lowest BCUT2D eigenvalue weighted by atomic mass is 9.97. The Labute approximate surface area is 129 Å². The van der Waals surface area contributed by atoms with Gasteiger partial charge in [0, 0.05) is 26.6 Å². The molecule has 0 N–H and O–H groups in total. The smallest absolute Gasteiger partial charge is 0.194 e. The van der Waals surface area contributed by atoms with E-state index >= 15 is 0 Å². The summed E-state index contributed by atoms with van der Waals surface area (Å²) in [5.41, 5.74) is 2.84. The summed E-state index contributed by atoms with van der Waals surface area (Å²) in [5.74, 6) is 0.718. The molecule has 3 rings (SSSR count). The Morgan fingerprint density at radius 3 is 2.71 bits per heavy atom. The van der Waals surface area contributed by atoms with Crippen molar-refractivity contribution in [3.8, 4) is 0 Å². The summed E-state index contributed by atoms with van der Waals surface area (Å²) in [7, 11) is 0. The van der Waals surface area contributed by atoms with Crippen molar-refractivity contribution < 1.29 is 4.79 Å². The lowest BCUT2D eigenvalue weighted by molar-refractivity contribution is 0.104. The number of carbonyl (C=O) groups is 1. The van der Waals surface area contributed by atoms with Crippen molar-refractivity contribution in [2.45, 2.75) is 20.3 Å². The second kappa shape index (κ2) is 5.82. The molecule has 0 saturated heterocycles. The molecule has 0 spiro atoms. The van der Waals surface area contributed by atoms with E-state index in [4.69, 9.17) is 0 Å². The van der Waals surface area contributed by atoms with E-state index in [0.29, 0.717) is 5.92 Å². The number of rotatable bonds is 4. The van der Waals surface area contributed by atoms with Gasteiger partial charge >= 0.3 is 0 Å². The maximum Gasteiger partial charge on any atom is 0.194 e. The molecule has 0 atom stereocenters. The minimum absolute atomic E-state index is 0.123. The molecular weight excluding hydrogens is 276 g/mol. The molecule has 2 aromatic carbocycles. The number of ketones is 1. The van der Waals surface area contributed by atoms with Crippen LogP contribution in [0.4, 0.5) is 0 Å².